The number of aromatic hydroxyl groups is 1. The van der Waals surface area contributed by atoms with Crippen LogP contribution in [0.2, 0.25) is 5.02 Å². The summed E-state index contributed by atoms with van der Waals surface area (Å²) < 4.78 is 19.6. The Kier molecular flexibility index (Phi) is 10.0. The number of pyridine rings is 1. The van der Waals surface area contributed by atoms with E-state index in [4.69, 9.17) is 16.3 Å². The number of phenols is 1. The average Bonchev–Trinajstić information content (AvgIpc) is 2.94. The third-order valence-corrected chi connectivity index (χ3v) is 7.93. The molecule has 1 fully saturated rings. The van der Waals surface area contributed by atoms with E-state index in [1.807, 2.05) is 19.9 Å². The number of amides is 2. The maximum absolute atomic E-state index is 14.3. The van der Waals surface area contributed by atoms with Gasteiger partial charge in [-0.15, -0.1) is 0 Å². The van der Waals surface area contributed by atoms with Crippen molar-refractivity contribution >= 4 is 46.0 Å². The quantitative estimate of drug-likeness (QED) is 0.198. The van der Waals surface area contributed by atoms with Crippen LogP contribution < -0.4 is 16.0 Å². The lowest BCUT2D eigenvalue weighted by Crippen LogP contribution is -2.53. The van der Waals surface area contributed by atoms with Crippen molar-refractivity contribution in [1.29, 1.82) is 0 Å². The number of ether oxygens (including phenoxy) is 1. The summed E-state index contributed by atoms with van der Waals surface area (Å²) in [5.41, 5.74) is 2.19. The van der Waals surface area contributed by atoms with Crippen LogP contribution in [0.5, 0.6) is 5.75 Å². The summed E-state index contributed by atoms with van der Waals surface area (Å²) in [7, 11) is 0. The summed E-state index contributed by atoms with van der Waals surface area (Å²) >= 11 is 6.03. The Morgan fingerprint density at radius 2 is 1.70 bits per heavy atom. The van der Waals surface area contributed by atoms with E-state index in [1.165, 1.54) is 19.1 Å². The molecule has 1 aliphatic rings. The van der Waals surface area contributed by atoms with Crippen LogP contribution in [0.15, 0.2) is 36.5 Å². The van der Waals surface area contributed by atoms with Crippen molar-refractivity contribution in [2.45, 2.75) is 91.0 Å². The van der Waals surface area contributed by atoms with Crippen molar-refractivity contribution in [2.75, 3.05) is 5.32 Å². The minimum absolute atomic E-state index is 0.0249. The van der Waals surface area contributed by atoms with Gasteiger partial charge in [-0.3, -0.25) is 14.6 Å². The molecule has 9 nitrogen and oxygen atoms in total. The molecule has 1 unspecified atom stereocenters. The SMILES string of the molecule is CC(=O)c1cnc2ccc(-c3cc(F)c(O)c(Cl)c3)cc2c1NC1CCC(NC(=O)C(NC(=O)OC(C)(C)C)C(C)C)CC1. The van der Waals surface area contributed by atoms with E-state index < -0.39 is 29.3 Å². The fourth-order valence-electron chi connectivity index (χ4n) is 5.37. The smallest absolute Gasteiger partial charge is 0.408 e. The van der Waals surface area contributed by atoms with Gasteiger partial charge in [-0.1, -0.05) is 31.5 Å². The van der Waals surface area contributed by atoms with E-state index in [0.717, 1.165) is 12.8 Å². The van der Waals surface area contributed by atoms with E-state index in [9.17, 15) is 23.9 Å². The number of aromatic nitrogens is 1. The van der Waals surface area contributed by atoms with Crippen molar-refractivity contribution < 1.29 is 28.6 Å². The third kappa shape index (κ3) is 7.96. The van der Waals surface area contributed by atoms with Crippen molar-refractivity contribution in [3.8, 4) is 16.9 Å². The minimum atomic E-state index is -0.828. The standard InChI is InChI=1S/C33H40ClFN4O5/c1-17(2)28(39-32(43)44-33(4,5)6)31(42)38-22-10-8-21(9-11-22)37-29-23-13-19(20-14-25(34)30(41)26(35)15-20)7-12-27(23)36-16-24(29)18(3)40/h7,12-17,21-22,28,41H,8-11H2,1-6H3,(H,36,37)(H,38,42)(H,39,43). The van der Waals surface area contributed by atoms with E-state index >= 15 is 0 Å². The van der Waals surface area contributed by atoms with Gasteiger partial charge in [-0.25, -0.2) is 9.18 Å². The Bertz CT molecular complexity index is 1540. The molecule has 2 aromatic carbocycles. The number of ketones is 1. The zero-order valence-corrected chi connectivity index (χ0v) is 26.6. The maximum atomic E-state index is 14.3. The number of hydrogen-bond donors (Lipinski definition) is 4. The van der Waals surface area contributed by atoms with Gasteiger partial charge in [-0.2, -0.15) is 0 Å². The van der Waals surface area contributed by atoms with E-state index in [2.05, 4.69) is 20.9 Å². The lowest BCUT2D eigenvalue weighted by atomic mass is 9.90. The fraction of sp³-hybridized carbons (Fsp3) is 0.455. The second kappa shape index (κ2) is 13.4. The van der Waals surface area contributed by atoms with Gasteiger partial charge in [0.25, 0.3) is 0 Å². The largest absolute Gasteiger partial charge is 0.504 e. The highest BCUT2D eigenvalue weighted by atomic mass is 35.5. The van der Waals surface area contributed by atoms with Crippen LogP contribution in [0, 0.1) is 11.7 Å². The molecule has 1 atom stereocenters. The molecule has 2 amide bonds. The van der Waals surface area contributed by atoms with Crippen LogP contribution in [0.4, 0.5) is 14.9 Å². The predicted molar refractivity (Wildman–Crippen MR) is 170 cm³/mol. The number of phenolic OH excluding ortho intramolecular Hbond substituents is 1. The van der Waals surface area contributed by atoms with Gasteiger partial charge in [0, 0.05) is 23.7 Å². The Labute approximate surface area is 261 Å². The van der Waals surface area contributed by atoms with Crippen molar-refractivity contribution in [1.82, 2.24) is 15.6 Å². The molecule has 0 spiro atoms. The number of anilines is 1. The third-order valence-electron chi connectivity index (χ3n) is 7.64. The number of carbonyl (C=O) groups is 3. The first-order valence-electron chi connectivity index (χ1n) is 14.8. The van der Waals surface area contributed by atoms with Gasteiger partial charge in [-0.05, 0) is 94.7 Å². The highest BCUT2D eigenvalue weighted by Crippen LogP contribution is 2.36. The average molecular weight is 627 g/mol. The summed E-state index contributed by atoms with van der Waals surface area (Å²) in [4.78, 5) is 42.5. The summed E-state index contributed by atoms with van der Waals surface area (Å²) in [6, 6.07) is 7.33. The molecule has 0 saturated heterocycles. The predicted octanol–water partition coefficient (Wildman–Crippen LogP) is 6.99. The number of alkyl carbamates (subject to hydrolysis) is 1. The maximum Gasteiger partial charge on any atom is 0.408 e. The molecule has 1 saturated carbocycles. The van der Waals surface area contributed by atoms with E-state index in [-0.39, 0.29) is 34.7 Å². The molecular formula is C33H40ClFN4O5. The van der Waals surface area contributed by atoms with Crippen LogP contribution in [-0.4, -0.2) is 51.6 Å². The Morgan fingerprint density at radius 1 is 1.05 bits per heavy atom. The molecule has 0 bridgehead atoms. The number of halogens is 2. The van der Waals surface area contributed by atoms with Gasteiger partial charge in [0.05, 0.1) is 21.8 Å². The molecule has 1 aliphatic carbocycles. The van der Waals surface area contributed by atoms with Gasteiger partial charge in [0.2, 0.25) is 5.91 Å². The van der Waals surface area contributed by atoms with Gasteiger partial charge in [0.1, 0.15) is 11.6 Å². The number of benzene rings is 2. The first-order chi connectivity index (χ1) is 20.6. The van der Waals surface area contributed by atoms with Crippen molar-refractivity contribution in [3.05, 3.63) is 52.9 Å². The lowest BCUT2D eigenvalue weighted by molar-refractivity contribution is -0.125. The minimum Gasteiger partial charge on any atom is -0.504 e. The number of rotatable bonds is 8. The first-order valence-corrected chi connectivity index (χ1v) is 15.2. The Morgan fingerprint density at radius 3 is 2.30 bits per heavy atom. The number of Topliss-reactive ketones (excluding diaryl/α,β-unsaturated/α-hetero) is 1. The number of fused-ring (bicyclic) bond motifs is 1. The number of nitrogens with one attached hydrogen (secondary N) is 3. The molecule has 4 rings (SSSR count). The zero-order chi connectivity index (χ0) is 32.3. The zero-order valence-electron chi connectivity index (χ0n) is 25.9. The Balaban J connectivity index is 1.49. The van der Waals surface area contributed by atoms with E-state index in [0.29, 0.717) is 46.1 Å². The fourth-order valence-corrected chi connectivity index (χ4v) is 5.58. The lowest BCUT2D eigenvalue weighted by Gasteiger charge is -2.32. The van der Waals surface area contributed by atoms with Crippen LogP contribution >= 0.6 is 11.6 Å². The summed E-state index contributed by atoms with van der Waals surface area (Å²) in [5.74, 6) is -1.97. The highest BCUT2D eigenvalue weighted by Gasteiger charge is 2.30. The second-order valence-corrected chi connectivity index (χ2v) is 13.1. The molecule has 11 heteroatoms. The molecular weight excluding hydrogens is 587 g/mol. The van der Waals surface area contributed by atoms with Gasteiger partial charge in [0.15, 0.2) is 17.3 Å². The monoisotopic (exact) mass is 626 g/mol. The molecule has 0 aliphatic heterocycles. The van der Waals surface area contributed by atoms with Crippen molar-refractivity contribution in [2.24, 2.45) is 5.92 Å². The van der Waals surface area contributed by atoms with Gasteiger partial charge < -0.3 is 25.8 Å². The van der Waals surface area contributed by atoms with E-state index in [1.54, 1.807) is 39.1 Å². The van der Waals surface area contributed by atoms with Crippen LogP contribution in [0.1, 0.15) is 77.6 Å². The molecule has 1 heterocycles. The topological polar surface area (TPSA) is 130 Å². The van der Waals surface area contributed by atoms with Crippen LogP contribution in [0.3, 0.4) is 0 Å². The van der Waals surface area contributed by atoms with Crippen molar-refractivity contribution in [3.63, 3.8) is 0 Å². The molecule has 1 aromatic heterocycles. The number of hydrogen-bond acceptors (Lipinski definition) is 7. The summed E-state index contributed by atoms with van der Waals surface area (Å²) in [5, 5.41) is 19.7. The van der Waals surface area contributed by atoms with Crippen LogP contribution in [-0.2, 0) is 9.53 Å². The normalized spacial score (nSPS) is 17.7. The summed E-state index contributed by atoms with van der Waals surface area (Å²) in [6.45, 7) is 10.5. The highest BCUT2D eigenvalue weighted by molar-refractivity contribution is 6.32. The Hall–Kier alpha value is -3.92. The molecule has 3 aromatic rings. The number of nitrogens with zero attached hydrogens (tertiary/aromatic N) is 1. The molecule has 44 heavy (non-hydrogen) atoms. The molecule has 236 valence electrons. The molecule has 0 radical (unpaired) electrons. The van der Waals surface area contributed by atoms with Crippen LogP contribution in [0.25, 0.3) is 22.0 Å². The molecule has 4 N–H and O–H groups in total. The second-order valence-electron chi connectivity index (χ2n) is 12.7. The van der Waals surface area contributed by atoms with Gasteiger partial charge >= 0.3 is 6.09 Å². The number of carbonyl (C=O) groups excluding carboxylic acids is 3. The first kappa shape index (κ1) is 33.0. The summed E-state index contributed by atoms with van der Waals surface area (Å²) in [6.07, 6.45) is 3.80.